The summed E-state index contributed by atoms with van der Waals surface area (Å²) >= 11 is 0. The van der Waals surface area contributed by atoms with E-state index in [1.54, 1.807) is 30.5 Å². The first kappa shape index (κ1) is 15.4. The summed E-state index contributed by atoms with van der Waals surface area (Å²) in [5, 5.41) is 9.68. The van der Waals surface area contributed by atoms with E-state index in [2.05, 4.69) is 4.98 Å². The lowest BCUT2D eigenvalue weighted by atomic mass is 10.1. The number of benzene rings is 1. The third-order valence-corrected chi connectivity index (χ3v) is 5.64. The Hall–Kier alpha value is -1.99. The first-order valence-electron chi connectivity index (χ1n) is 6.25. The number of rotatable bonds is 4. The van der Waals surface area contributed by atoms with Gasteiger partial charge in [0, 0.05) is 18.6 Å². The smallest absolute Gasteiger partial charge is 0.324 e. The highest BCUT2D eigenvalue weighted by Gasteiger charge is 2.40. The third kappa shape index (κ3) is 2.50. The second-order valence-corrected chi connectivity index (χ2v) is 7.10. The molecule has 0 aliphatic heterocycles. The molecule has 0 radical (unpaired) electrons. The molecule has 21 heavy (non-hydrogen) atoms. The third-order valence-electron chi connectivity index (χ3n) is 3.55. The van der Waals surface area contributed by atoms with Gasteiger partial charge in [0.05, 0.1) is 10.4 Å². The Morgan fingerprint density at radius 2 is 1.90 bits per heavy atom. The minimum atomic E-state index is -3.96. The van der Waals surface area contributed by atoms with Crippen molar-refractivity contribution in [2.24, 2.45) is 0 Å². The van der Waals surface area contributed by atoms with Crippen LogP contribution in [-0.4, -0.2) is 41.4 Å². The molecule has 1 heterocycles. The second-order valence-electron chi connectivity index (χ2n) is 5.16. The van der Waals surface area contributed by atoms with Crippen LogP contribution in [0.15, 0.2) is 41.4 Å². The molecule has 0 atom stereocenters. The molecule has 0 spiro atoms. The molecule has 0 bridgehead atoms. The highest BCUT2D eigenvalue weighted by atomic mass is 32.2. The van der Waals surface area contributed by atoms with E-state index >= 15 is 0 Å². The van der Waals surface area contributed by atoms with Crippen molar-refractivity contribution in [3.8, 4) is 0 Å². The van der Waals surface area contributed by atoms with Crippen LogP contribution in [0.1, 0.15) is 13.8 Å². The fraction of sp³-hybridized carbons (Fsp3) is 0.286. The van der Waals surface area contributed by atoms with E-state index in [0.717, 1.165) is 4.31 Å². The molecule has 2 rings (SSSR count). The Bertz CT molecular complexity index is 794. The van der Waals surface area contributed by atoms with Gasteiger partial charge in [-0.1, -0.05) is 6.07 Å². The highest BCUT2D eigenvalue weighted by Crippen LogP contribution is 2.28. The summed E-state index contributed by atoms with van der Waals surface area (Å²) in [6.07, 6.45) is 1.57. The van der Waals surface area contributed by atoms with Crippen LogP contribution in [0, 0.1) is 0 Å². The standard InChI is InChI=1S/C14H16N2O4S/c1-14(2,13(17)18)16(3)21(19,20)12-8-4-7-11-10(12)6-5-9-15-11/h4-9H,1-3H3,(H,17,18). The number of nitrogens with zero attached hydrogens (tertiary/aromatic N) is 2. The van der Waals surface area contributed by atoms with Crippen molar-refractivity contribution in [1.82, 2.24) is 9.29 Å². The van der Waals surface area contributed by atoms with Crippen molar-refractivity contribution in [2.45, 2.75) is 24.3 Å². The molecule has 0 amide bonds. The highest BCUT2D eigenvalue weighted by molar-refractivity contribution is 7.89. The number of hydrogen-bond donors (Lipinski definition) is 1. The van der Waals surface area contributed by atoms with Gasteiger partial charge in [-0.05, 0) is 38.1 Å². The van der Waals surface area contributed by atoms with Crippen LogP contribution < -0.4 is 0 Å². The van der Waals surface area contributed by atoms with Crippen molar-refractivity contribution >= 4 is 26.9 Å². The predicted molar refractivity (Wildman–Crippen MR) is 78.4 cm³/mol. The van der Waals surface area contributed by atoms with Crippen LogP contribution in [0.2, 0.25) is 0 Å². The van der Waals surface area contributed by atoms with Crippen molar-refractivity contribution in [2.75, 3.05) is 7.05 Å². The van der Waals surface area contributed by atoms with Crippen molar-refractivity contribution in [3.05, 3.63) is 36.5 Å². The van der Waals surface area contributed by atoms with Crippen LogP contribution in [0.4, 0.5) is 0 Å². The van der Waals surface area contributed by atoms with E-state index in [0.29, 0.717) is 10.9 Å². The maximum atomic E-state index is 12.7. The van der Waals surface area contributed by atoms with E-state index in [1.165, 1.54) is 27.0 Å². The molecule has 0 saturated carbocycles. The van der Waals surface area contributed by atoms with Crippen LogP contribution in [0.3, 0.4) is 0 Å². The Morgan fingerprint density at radius 1 is 1.24 bits per heavy atom. The number of aromatic nitrogens is 1. The Kier molecular flexibility index (Phi) is 3.73. The summed E-state index contributed by atoms with van der Waals surface area (Å²) in [5.74, 6) is -1.22. The molecule has 0 aliphatic rings. The molecular formula is C14H16N2O4S. The monoisotopic (exact) mass is 308 g/mol. The van der Waals surface area contributed by atoms with Crippen LogP contribution in [0.25, 0.3) is 10.9 Å². The van der Waals surface area contributed by atoms with Gasteiger partial charge in [-0.15, -0.1) is 0 Å². The molecule has 112 valence electrons. The average Bonchev–Trinajstić information content (AvgIpc) is 2.45. The van der Waals surface area contributed by atoms with Crippen molar-refractivity contribution in [1.29, 1.82) is 0 Å². The van der Waals surface area contributed by atoms with E-state index in [4.69, 9.17) is 0 Å². The van der Waals surface area contributed by atoms with Crippen LogP contribution in [-0.2, 0) is 14.8 Å². The molecule has 0 aliphatic carbocycles. The number of fused-ring (bicyclic) bond motifs is 1. The van der Waals surface area contributed by atoms with Crippen LogP contribution in [0.5, 0.6) is 0 Å². The fourth-order valence-corrected chi connectivity index (χ4v) is 3.56. The number of carboxylic acids is 1. The summed E-state index contributed by atoms with van der Waals surface area (Å²) in [6, 6.07) is 8.04. The summed E-state index contributed by atoms with van der Waals surface area (Å²) in [5.41, 5.74) is -1.01. The van der Waals surface area contributed by atoms with E-state index in [9.17, 15) is 18.3 Å². The summed E-state index contributed by atoms with van der Waals surface area (Å²) in [7, 11) is -2.69. The van der Waals surface area contributed by atoms with Gasteiger partial charge in [-0.25, -0.2) is 8.42 Å². The fourth-order valence-electron chi connectivity index (χ4n) is 1.88. The van der Waals surface area contributed by atoms with Gasteiger partial charge in [0.15, 0.2) is 0 Å². The number of likely N-dealkylation sites (N-methyl/N-ethyl adjacent to an activating group) is 1. The predicted octanol–water partition coefficient (Wildman–Crippen LogP) is 1.72. The molecule has 0 fully saturated rings. The van der Waals surface area contributed by atoms with Gasteiger partial charge < -0.3 is 5.11 Å². The molecule has 1 aromatic heterocycles. The molecule has 1 aromatic carbocycles. The molecule has 0 saturated heterocycles. The largest absolute Gasteiger partial charge is 0.480 e. The van der Waals surface area contributed by atoms with Crippen LogP contribution >= 0.6 is 0 Å². The summed E-state index contributed by atoms with van der Waals surface area (Å²) in [6.45, 7) is 2.69. The topological polar surface area (TPSA) is 87.6 Å². The minimum Gasteiger partial charge on any atom is -0.480 e. The zero-order chi connectivity index (χ0) is 15.8. The lowest BCUT2D eigenvalue weighted by Crippen LogP contribution is -2.50. The Morgan fingerprint density at radius 3 is 2.52 bits per heavy atom. The first-order valence-corrected chi connectivity index (χ1v) is 7.69. The molecule has 2 aromatic rings. The van der Waals surface area contributed by atoms with Gasteiger partial charge in [0.1, 0.15) is 5.54 Å². The van der Waals surface area contributed by atoms with E-state index in [1.807, 2.05) is 0 Å². The number of aliphatic carboxylic acids is 1. The van der Waals surface area contributed by atoms with Gasteiger partial charge in [0.25, 0.3) is 0 Å². The lowest BCUT2D eigenvalue weighted by Gasteiger charge is -2.30. The molecule has 1 N–H and O–H groups in total. The molecule has 0 unspecified atom stereocenters. The Balaban J connectivity index is 2.66. The summed E-state index contributed by atoms with van der Waals surface area (Å²) in [4.78, 5) is 15.4. The van der Waals surface area contributed by atoms with Crippen molar-refractivity contribution in [3.63, 3.8) is 0 Å². The van der Waals surface area contributed by atoms with Crippen molar-refractivity contribution < 1.29 is 18.3 Å². The number of pyridine rings is 1. The van der Waals surface area contributed by atoms with Gasteiger partial charge in [0.2, 0.25) is 10.0 Å². The maximum absolute atomic E-state index is 12.7. The quantitative estimate of drug-likeness (QED) is 0.929. The SMILES string of the molecule is CN(C(C)(C)C(=O)O)S(=O)(=O)c1cccc2ncccc12. The van der Waals surface area contributed by atoms with Gasteiger partial charge in [-0.3, -0.25) is 9.78 Å². The maximum Gasteiger partial charge on any atom is 0.324 e. The zero-order valence-corrected chi connectivity index (χ0v) is 12.8. The molecular weight excluding hydrogens is 292 g/mol. The Labute approximate surface area is 123 Å². The zero-order valence-electron chi connectivity index (χ0n) is 11.9. The molecule has 6 nitrogen and oxygen atoms in total. The van der Waals surface area contributed by atoms with Gasteiger partial charge in [-0.2, -0.15) is 4.31 Å². The van der Waals surface area contributed by atoms with E-state index in [-0.39, 0.29) is 4.90 Å². The number of hydrogen-bond acceptors (Lipinski definition) is 4. The number of sulfonamides is 1. The first-order chi connectivity index (χ1) is 9.69. The minimum absolute atomic E-state index is 0.0462. The van der Waals surface area contributed by atoms with E-state index < -0.39 is 21.5 Å². The second kappa shape index (κ2) is 5.09. The van der Waals surface area contributed by atoms with Gasteiger partial charge >= 0.3 is 5.97 Å². The normalized spacial score (nSPS) is 12.8. The number of carboxylic acid groups (broad SMARTS) is 1. The lowest BCUT2D eigenvalue weighted by molar-refractivity contribution is -0.145. The number of carbonyl (C=O) groups is 1. The average molecular weight is 308 g/mol. The summed E-state index contributed by atoms with van der Waals surface area (Å²) < 4.78 is 26.3. The molecule has 7 heteroatoms.